The molecule has 0 heterocycles. The van der Waals surface area contributed by atoms with Gasteiger partial charge < -0.3 is 10.1 Å². The molecule has 4 nitrogen and oxygen atoms in total. The fourth-order valence-corrected chi connectivity index (χ4v) is 1.38. The first-order valence-corrected chi connectivity index (χ1v) is 6.12. The molecule has 21 heavy (non-hydrogen) atoms. The molecule has 0 saturated heterocycles. The van der Waals surface area contributed by atoms with E-state index >= 15 is 0 Å². The van der Waals surface area contributed by atoms with Crippen molar-refractivity contribution in [2.75, 3.05) is 5.32 Å². The van der Waals surface area contributed by atoms with Crippen LogP contribution in [0.3, 0.4) is 0 Å². The number of alkyl halides is 3. The molecule has 1 N–H and O–H groups in total. The lowest BCUT2D eigenvalue weighted by Crippen LogP contribution is -2.25. The van der Waals surface area contributed by atoms with Crippen molar-refractivity contribution in [3.8, 4) is 5.75 Å². The number of anilines is 1. The normalized spacial score (nSPS) is 12.0. The van der Waals surface area contributed by atoms with Crippen LogP contribution in [0.5, 0.6) is 5.75 Å². The number of hydrogen-bond donors (Lipinski definition) is 1. The molecule has 0 aliphatic rings. The highest BCUT2D eigenvalue weighted by molar-refractivity contribution is 5.90. The van der Waals surface area contributed by atoms with E-state index in [9.17, 15) is 22.8 Å². The van der Waals surface area contributed by atoms with Gasteiger partial charge in [-0.25, -0.2) is 0 Å². The third-order valence-corrected chi connectivity index (χ3v) is 2.43. The maximum absolute atomic E-state index is 13.0. The Balaban J connectivity index is 3.16. The van der Waals surface area contributed by atoms with Gasteiger partial charge in [-0.15, -0.1) is 0 Å². The summed E-state index contributed by atoms with van der Waals surface area (Å²) in [6.45, 7) is 5.87. The number of nitrogens with one attached hydrogen (secondary N) is 1. The minimum atomic E-state index is -4.68. The predicted octanol–water partition coefficient (Wildman–Crippen LogP) is 3.62. The summed E-state index contributed by atoms with van der Waals surface area (Å²) in [4.78, 5) is 22.6. The SMILES string of the molecule is CC(=O)Nc1ccc(OC(=O)C(C)(C)C)cc1C(F)(F)F. The maximum atomic E-state index is 13.0. The zero-order valence-electron chi connectivity index (χ0n) is 12.1. The van der Waals surface area contributed by atoms with E-state index in [1.807, 2.05) is 0 Å². The summed E-state index contributed by atoms with van der Waals surface area (Å²) in [6, 6.07) is 2.94. The van der Waals surface area contributed by atoms with Crippen LogP contribution in [0.2, 0.25) is 0 Å². The van der Waals surface area contributed by atoms with E-state index in [1.54, 1.807) is 20.8 Å². The van der Waals surface area contributed by atoms with Crippen molar-refractivity contribution >= 4 is 17.6 Å². The zero-order chi connectivity index (χ0) is 16.4. The Hall–Kier alpha value is -2.05. The third kappa shape index (κ3) is 4.77. The summed E-state index contributed by atoms with van der Waals surface area (Å²) < 4.78 is 43.8. The van der Waals surface area contributed by atoms with E-state index in [0.717, 1.165) is 13.0 Å². The van der Waals surface area contributed by atoms with Gasteiger partial charge in [0.05, 0.1) is 16.7 Å². The number of amides is 1. The lowest BCUT2D eigenvalue weighted by atomic mass is 9.97. The number of hydrogen-bond acceptors (Lipinski definition) is 3. The summed E-state index contributed by atoms with van der Waals surface area (Å²) in [5, 5.41) is 2.09. The second-order valence-corrected chi connectivity index (χ2v) is 5.53. The van der Waals surface area contributed by atoms with Gasteiger partial charge in [0.1, 0.15) is 5.75 Å². The number of carbonyl (C=O) groups is 2. The fourth-order valence-electron chi connectivity index (χ4n) is 1.38. The van der Waals surface area contributed by atoms with Crippen molar-refractivity contribution in [2.45, 2.75) is 33.9 Å². The highest BCUT2D eigenvalue weighted by Gasteiger charge is 2.35. The molecule has 0 spiro atoms. The van der Waals surface area contributed by atoms with Crippen molar-refractivity contribution in [3.05, 3.63) is 23.8 Å². The highest BCUT2D eigenvalue weighted by Crippen LogP contribution is 2.37. The van der Waals surface area contributed by atoms with Crippen LogP contribution in [0.4, 0.5) is 18.9 Å². The highest BCUT2D eigenvalue weighted by atomic mass is 19.4. The van der Waals surface area contributed by atoms with Crippen LogP contribution in [-0.4, -0.2) is 11.9 Å². The fraction of sp³-hybridized carbons (Fsp3) is 0.429. The molecule has 0 aromatic heterocycles. The van der Waals surface area contributed by atoms with Gasteiger partial charge in [0.15, 0.2) is 0 Å². The van der Waals surface area contributed by atoms with Gasteiger partial charge in [-0.1, -0.05) is 0 Å². The van der Waals surface area contributed by atoms with Crippen molar-refractivity contribution < 1.29 is 27.5 Å². The molecule has 1 amide bonds. The van der Waals surface area contributed by atoms with Crippen molar-refractivity contribution in [2.24, 2.45) is 5.41 Å². The third-order valence-electron chi connectivity index (χ3n) is 2.43. The number of benzene rings is 1. The van der Waals surface area contributed by atoms with Gasteiger partial charge in [0, 0.05) is 6.92 Å². The molecule has 1 aromatic rings. The van der Waals surface area contributed by atoms with E-state index in [0.29, 0.717) is 6.07 Å². The minimum Gasteiger partial charge on any atom is -0.426 e. The number of esters is 1. The summed E-state index contributed by atoms with van der Waals surface area (Å²) in [7, 11) is 0. The monoisotopic (exact) mass is 303 g/mol. The van der Waals surface area contributed by atoms with Gasteiger partial charge in [-0.2, -0.15) is 13.2 Å². The molecule has 1 aromatic carbocycles. The van der Waals surface area contributed by atoms with Gasteiger partial charge in [-0.3, -0.25) is 9.59 Å². The number of ether oxygens (including phenoxy) is 1. The van der Waals surface area contributed by atoms with Crippen LogP contribution in [0.15, 0.2) is 18.2 Å². The molecule has 116 valence electrons. The van der Waals surface area contributed by atoms with Crippen molar-refractivity contribution in [3.63, 3.8) is 0 Å². The minimum absolute atomic E-state index is 0.226. The molecule has 0 fully saturated rings. The van der Waals surface area contributed by atoms with Gasteiger partial charge >= 0.3 is 12.1 Å². The first-order valence-electron chi connectivity index (χ1n) is 6.12. The first-order chi connectivity index (χ1) is 9.41. The predicted molar refractivity (Wildman–Crippen MR) is 70.8 cm³/mol. The Labute approximate surface area is 120 Å². The molecule has 1 rings (SSSR count). The first kappa shape index (κ1) is 17.0. The standard InChI is InChI=1S/C14H16F3NO3/c1-8(19)18-11-6-5-9(7-10(11)14(15,16)17)21-12(20)13(2,3)4/h5-7H,1-4H3,(H,18,19). The topological polar surface area (TPSA) is 55.4 Å². The lowest BCUT2D eigenvalue weighted by Gasteiger charge is -2.18. The smallest absolute Gasteiger partial charge is 0.418 e. The Kier molecular flexibility index (Phi) is 4.65. The average molecular weight is 303 g/mol. The van der Waals surface area contributed by atoms with E-state index < -0.39 is 29.0 Å². The number of rotatable bonds is 2. The van der Waals surface area contributed by atoms with Crippen molar-refractivity contribution in [1.29, 1.82) is 0 Å². The summed E-state index contributed by atoms with van der Waals surface area (Å²) in [5.74, 6) is -1.50. The zero-order valence-corrected chi connectivity index (χ0v) is 12.1. The number of halogens is 3. The van der Waals surface area contributed by atoms with E-state index in [2.05, 4.69) is 5.32 Å². The molecule has 0 aliphatic heterocycles. The Bertz CT molecular complexity index is 560. The van der Waals surface area contributed by atoms with Crippen molar-refractivity contribution in [1.82, 2.24) is 0 Å². The Morgan fingerprint density at radius 2 is 1.71 bits per heavy atom. The molecule has 0 saturated carbocycles. The molecule has 0 bridgehead atoms. The van der Waals surface area contributed by atoms with Crippen LogP contribution < -0.4 is 10.1 Å². The molecular formula is C14H16F3NO3. The maximum Gasteiger partial charge on any atom is 0.418 e. The lowest BCUT2D eigenvalue weighted by molar-refractivity contribution is -0.144. The van der Waals surface area contributed by atoms with E-state index in [1.165, 1.54) is 6.07 Å². The van der Waals surface area contributed by atoms with Crippen LogP contribution in [-0.2, 0) is 15.8 Å². The largest absolute Gasteiger partial charge is 0.426 e. The second kappa shape index (κ2) is 5.75. The second-order valence-electron chi connectivity index (χ2n) is 5.53. The van der Waals surface area contributed by atoms with Crippen LogP contribution in [0.1, 0.15) is 33.3 Å². The quantitative estimate of drug-likeness (QED) is 0.670. The van der Waals surface area contributed by atoms with E-state index in [-0.39, 0.29) is 11.4 Å². The summed E-state index contributed by atoms with van der Waals surface area (Å²) >= 11 is 0. The number of carbonyl (C=O) groups excluding carboxylic acids is 2. The van der Waals surface area contributed by atoms with Gasteiger partial charge in [0.2, 0.25) is 5.91 Å². The molecule has 0 aliphatic carbocycles. The summed E-state index contributed by atoms with van der Waals surface area (Å²) in [5.41, 5.74) is -2.29. The average Bonchev–Trinajstić information content (AvgIpc) is 2.27. The Morgan fingerprint density at radius 3 is 2.14 bits per heavy atom. The Morgan fingerprint density at radius 1 is 1.14 bits per heavy atom. The molecule has 0 radical (unpaired) electrons. The molecule has 7 heteroatoms. The molecule has 0 unspecified atom stereocenters. The van der Waals surface area contributed by atoms with Crippen LogP contribution >= 0.6 is 0 Å². The van der Waals surface area contributed by atoms with Gasteiger partial charge in [0.25, 0.3) is 0 Å². The molecule has 0 atom stereocenters. The van der Waals surface area contributed by atoms with Gasteiger partial charge in [-0.05, 0) is 39.0 Å². The molecular weight excluding hydrogens is 287 g/mol. The summed E-state index contributed by atoms with van der Waals surface area (Å²) in [6.07, 6.45) is -4.68. The van der Waals surface area contributed by atoms with E-state index in [4.69, 9.17) is 4.74 Å². The van der Waals surface area contributed by atoms with Crippen LogP contribution in [0, 0.1) is 5.41 Å². The van der Waals surface area contributed by atoms with Crippen LogP contribution in [0.25, 0.3) is 0 Å².